The highest BCUT2D eigenvalue weighted by Crippen LogP contribution is 2.34. The summed E-state index contributed by atoms with van der Waals surface area (Å²) in [4.78, 5) is 18.1. The summed E-state index contributed by atoms with van der Waals surface area (Å²) in [6.45, 7) is 2.75. The number of hydrogen-bond donors (Lipinski definition) is 0. The normalized spacial score (nSPS) is 17.1. The molecule has 0 fully saturated rings. The molecule has 1 aliphatic rings. The van der Waals surface area contributed by atoms with Gasteiger partial charge in [0.05, 0.1) is 0 Å². The second-order valence-corrected chi connectivity index (χ2v) is 4.78. The van der Waals surface area contributed by atoms with Gasteiger partial charge in [-0.25, -0.2) is 0 Å². The second-order valence-electron chi connectivity index (χ2n) is 4.78. The Balaban J connectivity index is 1.79. The molecule has 0 saturated carbocycles. The van der Waals surface area contributed by atoms with E-state index in [0.717, 1.165) is 11.1 Å². The van der Waals surface area contributed by atoms with Crippen LogP contribution in [0.3, 0.4) is 0 Å². The third kappa shape index (κ3) is 2.68. The molecule has 0 aliphatic carbocycles. The largest absolute Gasteiger partial charge is 0.352 e. The first-order valence-electron chi connectivity index (χ1n) is 7.02. The van der Waals surface area contributed by atoms with E-state index in [4.69, 9.17) is 9.57 Å². The first-order valence-corrected chi connectivity index (χ1v) is 7.02. The Bertz CT molecular complexity index is 627. The molecule has 108 valence electrons. The Morgan fingerprint density at radius 1 is 1.05 bits per heavy atom. The highest BCUT2D eigenvalue weighted by molar-refractivity contribution is 5.98. The van der Waals surface area contributed by atoms with Gasteiger partial charge in [-0.3, -0.25) is 9.63 Å². The fourth-order valence-corrected chi connectivity index (χ4v) is 2.42. The molecule has 1 atom stereocenters. The summed E-state index contributed by atoms with van der Waals surface area (Å²) in [5, 5.41) is 1.33. The smallest absolute Gasteiger partial charge is 0.280 e. The Hall–Kier alpha value is -2.17. The Morgan fingerprint density at radius 2 is 1.76 bits per heavy atom. The van der Waals surface area contributed by atoms with Crippen LogP contribution in [0.5, 0.6) is 0 Å². The van der Waals surface area contributed by atoms with Gasteiger partial charge in [0.2, 0.25) is 0 Å². The molecule has 1 heterocycles. The lowest BCUT2D eigenvalue weighted by Gasteiger charge is -2.23. The summed E-state index contributed by atoms with van der Waals surface area (Å²) in [6, 6.07) is 17.2. The van der Waals surface area contributed by atoms with Crippen LogP contribution < -0.4 is 0 Å². The van der Waals surface area contributed by atoms with Crippen molar-refractivity contribution in [1.82, 2.24) is 5.06 Å². The average Bonchev–Trinajstić information content (AvgIpc) is 2.80. The van der Waals surface area contributed by atoms with Gasteiger partial charge in [-0.05, 0) is 18.6 Å². The summed E-state index contributed by atoms with van der Waals surface area (Å²) < 4.78 is 5.68. The number of amides is 1. The number of fused-ring (bicyclic) bond motifs is 1. The Kier molecular flexibility index (Phi) is 3.99. The number of benzene rings is 2. The molecule has 3 rings (SSSR count). The number of nitrogens with zero attached hydrogens (tertiary/aromatic N) is 1. The van der Waals surface area contributed by atoms with Crippen molar-refractivity contribution in [1.29, 1.82) is 0 Å². The molecular weight excluding hydrogens is 266 g/mol. The molecule has 2 aromatic rings. The van der Waals surface area contributed by atoms with Gasteiger partial charge < -0.3 is 4.74 Å². The van der Waals surface area contributed by atoms with Crippen molar-refractivity contribution in [2.45, 2.75) is 19.8 Å². The van der Waals surface area contributed by atoms with Gasteiger partial charge in [0.1, 0.15) is 6.61 Å². The Morgan fingerprint density at radius 3 is 2.52 bits per heavy atom. The number of hydrogen-bond acceptors (Lipinski definition) is 3. The lowest BCUT2D eigenvalue weighted by Crippen LogP contribution is -2.29. The van der Waals surface area contributed by atoms with E-state index in [1.165, 1.54) is 5.06 Å². The van der Waals surface area contributed by atoms with E-state index >= 15 is 0 Å². The van der Waals surface area contributed by atoms with Gasteiger partial charge in [-0.1, -0.05) is 48.5 Å². The zero-order chi connectivity index (χ0) is 14.7. The van der Waals surface area contributed by atoms with Crippen LogP contribution in [0.4, 0.5) is 0 Å². The Labute approximate surface area is 123 Å². The molecule has 1 aliphatic heterocycles. The molecule has 21 heavy (non-hydrogen) atoms. The van der Waals surface area contributed by atoms with Crippen molar-refractivity contribution in [3.05, 3.63) is 71.3 Å². The van der Waals surface area contributed by atoms with Crippen LogP contribution in [0, 0.1) is 0 Å². The molecule has 0 bridgehead atoms. The standard InChI is InChI=1S/C17H17NO3/c1-2-20-17-15-11-7-6-10-14(15)16(19)18(17)21-12-13-8-4-3-5-9-13/h3-11,17H,2,12H2,1H3. The fourth-order valence-electron chi connectivity index (χ4n) is 2.42. The van der Waals surface area contributed by atoms with E-state index in [9.17, 15) is 4.79 Å². The molecule has 0 saturated heterocycles. The predicted molar refractivity (Wildman–Crippen MR) is 78.2 cm³/mol. The molecule has 1 amide bonds. The summed E-state index contributed by atoms with van der Waals surface area (Å²) in [5.74, 6) is -0.153. The first kappa shape index (κ1) is 13.8. The minimum atomic E-state index is -0.470. The lowest BCUT2D eigenvalue weighted by atomic mass is 10.1. The van der Waals surface area contributed by atoms with Crippen LogP contribution in [-0.4, -0.2) is 17.6 Å². The number of ether oxygens (including phenoxy) is 1. The topological polar surface area (TPSA) is 38.8 Å². The van der Waals surface area contributed by atoms with E-state index in [-0.39, 0.29) is 5.91 Å². The van der Waals surface area contributed by atoms with Crippen LogP contribution in [0.2, 0.25) is 0 Å². The molecule has 0 radical (unpaired) electrons. The van der Waals surface area contributed by atoms with Gasteiger partial charge in [0.15, 0.2) is 6.23 Å². The van der Waals surface area contributed by atoms with E-state index in [1.807, 2.05) is 55.5 Å². The molecule has 4 nitrogen and oxygen atoms in total. The third-order valence-corrected chi connectivity index (χ3v) is 3.41. The number of hydroxylamine groups is 2. The maximum Gasteiger partial charge on any atom is 0.280 e. The van der Waals surface area contributed by atoms with Gasteiger partial charge in [-0.15, -0.1) is 0 Å². The summed E-state index contributed by atoms with van der Waals surface area (Å²) >= 11 is 0. The quantitative estimate of drug-likeness (QED) is 0.845. The van der Waals surface area contributed by atoms with E-state index in [1.54, 1.807) is 6.07 Å². The second kappa shape index (κ2) is 6.08. The zero-order valence-corrected chi connectivity index (χ0v) is 11.9. The van der Waals surface area contributed by atoms with Crippen molar-refractivity contribution in [3.63, 3.8) is 0 Å². The molecule has 0 aromatic heterocycles. The maximum atomic E-state index is 12.4. The first-order chi connectivity index (χ1) is 10.3. The van der Waals surface area contributed by atoms with E-state index in [0.29, 0.717) is 18.8 Å². The lowest BCUT2D eigenvalue weighted by molar-refractivity contribution is -0.221. The predicted octanol–water partition coefficient (Wildman–Crippen LogP) is 3.31. The van der Waals surface area contributed by atoms with Crippen molar-refractivity contribution >= 4 is 5.91 Å². The molecule has 0 spiro atoms. The zero-order valence-electron chi connectivity index (χ0n) is 11.9. The van der Waals surface area contributed by atoms with Crippen LogP contribution in [0.1, 0.15) is 34.6 Å². The van der Waals surface area contributed by atoms with Crippen LogP contribution in [0.25, 0.3) is 0 Å². The minimum absolute atomic E-state index is 0.153. The highest BCUT2D eigenvalue weighted by Gasteiger charge is 2.38. The van der Waals surface area contributed by atoms with Crippen LogP contribution >= 0.6 is 0 Å². The number of carbonyl (C=O) groups is 1. The fraction of sp³-hybridized carbons (Fsp3) is 0.235. The van der Waals surface area contributed by atoms with Crippen molar-refractivity contribution < 1.29 is 14.4 Å². The molecule has 2 aromatic carbocycles. The minimum Gasteiger partial charge on any atom is -0.352 e. The number of carbonyl (C=O) groups excluding carboxylic acids is 1. The van der Waals surface area contributed by atoms with E-state index < -0.39 is 6.23 Å². The van der Waals surface area contributed by atoms with Crippen molar-refractivity contribution in [3.8, 4) is 0 Å². The number of rotatable bonds is 5. The third-order valence-electron chi connectivity index (χ3n) is 3.41. The monoisotopic (exact) mass is 283 g/mol. The SMILES string of the molecule is CCOC1c2ccccc2C(=O)N1OCc1ccccc1. The summed E-state index contributed by atoms with van der Waals surface area (Å²) in [5.41, 5.74) is 2.51. The molecular formula is C17H17NO3. The summed E-state index contributed by atoms with van der Waals surface area (Å²) in [7, 11) is 0. The van der Waals surface area contributed by atoms with Crippen LogP contribution in [0.15, 0.2) is 54.6 Å². The van der Waals surface area contributed by atoms with Crippen molar-refractivity contribution in [2.24, 2.45) is 0 Å². The van der Waals surface area contributed by atoms with E-state index in [2.05, 4.69) is 0 Å². The molecule has 4 heteroatoms. The van der Waals surface area contributed by atoms with Gasteiger partial charge in [0, 0.05) is 17.7 Å². The van der Waals surface area contributed by atoms with Gasteiger partial charge in [-0.2, -0.15) is 5.06 Å². The highest BCUT2D eigenvalue weighted by atomic mass is 16.7. The van der Waals surface area contributed by atoms with Gasteiger partial charge >= 0.3 is 0 Å². The average molecular weight is 283 g/mol. The van der Waals surface area contributed by atoms with Gasteiger partial charge in [0.25, 0.3) is 5.91 Å². The molecule has 1 unspecified atom stereocenters. The summed E-state index contributed by atoms with van der Waals surface area (Å²) in [6.07, 6.45) is -0.470. The van der Waals surface area contributed by atoms with Crippen LogP contribution in [-0.2, 0) is 16.2 Å². The van der Waals surface area contributed by atoms with Crippen molar-refractivity contribution in [2.75, 3.05) is 6.61 Å². The maximum absolute atomic E-state index is 12.4. The molecule has 0 N–H and O–H groups in total.